The molecule has 0 spiro atoms. The van der Waals surface area contributed by atoms with Gasteiger partial charge in [0.2, 0.25) is 0 Å². The third-order valence-electron chi connectivity index (χ3n) is 1.82. The fourth-order valence-electron chi connectivity index (χ4n) is 1.05. The molecular formula is C11H10F3NO2. The number of halogens is 3. The highest BCUT2D eigenvalue weighted by Gasteiger charge is 2.09. The van der Waals surface area contributed by atoms with Gasteiger partial charge in [-0.15, -0.1) is 0 Å². The molecule has 1 rings (SSSR count). The van der Waals surface area contributed by atoms with E-state index in [0.29, 0.717) is 6.42 Å². The summed E-state index contributed by atoms with van der Waals surface area (Å²) in [5.41, 5.74) is -0.0364. The van der Waals surface area contributed by atoms with Crippen LogP contribution in [0.1, 0.15) is 25.3 Å². The summed E-state index contributed by atoms with van der Waals surface area (Å²) in [6.45, 7) is 1.79. The van der Waals surface area contributed by atoms with Crippen molar-refractivity contribution in [2.75, 3.05) is 0 Å². The summed E-state index contributed by atoms with van der Waals surface area (Å²) in [5.74, 6) is -4.75. The SMILES string of the molecule is CCCC(=O)O/N=C\c1cc(F)c(F)c(F)c1. The predicted octanol–water partition coefficient (Wildman–Crippen LogP) is 2.78. The highest BCUT2D eigenvalue weighted by Crippen LogP contribution is 2.12. The number of oxime groups is 1. The lowest BCUT2D eigenvalue weighted by atomic mass is 10.2. The van der Waals surface area contributed by atoms with Crippen molar-refractivity contribution in [3.05, 3.63) is 35.1 Å². The molecule has 0 aliphatic carbocycles. The van der Waals surface area contributed by atoms with Gasteiger partial charge in [0.1, 0.15) is 0 Å². The topological polar surface area (TPSA) is 38.7 Å². The van der Waals surface area contributed by atoms with E-state index in [2.05, 4.69) is 9.99 Å². The molecule has 0 aliphatic rings. The zero-order chi connectivity index (χ0) is 12.8. The van der Waals surface area contributed by atoms with Gasteiger partial charge in [-0.2, -0.15) is 0 Å². The highest BCUT2D eigenvalue weighted by atomic mass is 19.2. The van der Waals surface area contributed by atoms with Gasteiger partial charge in [0.05, 0.1) is 6.21 Å². The fraction of sp³-hybridized carbons (Fsp3) is 0.273. The van der Waals surface area contributed by atoms with Gasteiger partial charge in [-0.25, -0.2) is 18.0 Å². The van der Waals surface area contributed by atoms with Crippen molar-refractivity contribution in [3.63, 3.8) is 0 Å². The molecule has 0 fully saturated rings. The van der Waals surface area contributed by atoms with Crippen molar-refractivity contribution in [1.29, 1.82) is 0 Å². The average molecular weight is 245 g/mol. The molecule has 0 saturated carbocycles. The van der Waals surface area contributed by atoms with Gasteiger partial charge in [-0.3, -0.25) is 0 Å². The Kier molecular flexibility index (Phi) is 4.68. The quantitative estimate of drug-likeness (QED) is 0.354. The number of nitrogens with zero attached hydrogens (tertiary/aromatic N) is 1. The van der Waals surface area contributed by atoms with Crippen LogP contribution in [0.2, 0.25) is 0 Å². The molecule has 6 heteroatoms. The summed E-state index contributed by atoms with van der Waals surface area (Å²) in [5, 5.41) is 3.24. The standard InChI is InChI=1S/C11H10F3NO2/c1-2-3-10(16)17-15-6-7-4-8(12)11(14)9(13)5-7/h4-6H,2-3H2,1H3/b15-6-. The van der Waals surface area contributed by atoms with Crippen LogP contribution < -0.4 is 0 Å². The highest BCUT2D eigenvalue weighted by molar-refractivity contribution is 5.80. The molecule has 1 aromatic rings. The van der Waals surface area contributed by atoms with E-state index in [-0.39, 0.29) is 12.0 Å². The molecule has 0 radical (unpaired) electrons. The second-order valence-electron chi connectivity index (χ2n) is 3.25. The Morgan fingerprint density at radius 2 is 1.94 bits per heavy atom. The molecule has 3 nitrogen and oxygen atoms in total. The minimum atomic E-state index is -1.55. The first-order valence-electron chi connectivity index (χ1n) is 4.92. The maximum atomic E-state index is 12.8. The van der Waals surface area contributed by atoms with Crippen LogP contribution in [0.15, 0.2) is 17.3 Å². The van der Waals surface area contributed by atoms with Crippen LogP contribution in [-0.2, 0) is 9.63 Å². The first kappa shape index (κ1) is 13.2. The summed E-state index contributed by atoms with van der Waals surface area (Å²) >= 11 is 0. The number of benzene rings is 1. The van der Waals surface area contributed by atoms with Gasteiger partial charge in [0.25, 0.3) is 0 Å². The predicted molar refractivity (Wildman–Crippen MR) is 54.9 cm³/mol. The van der Waals surface area contributed by atoms with Crippen molar-refractivity contribution in [2.24, 2.45) is 5.16 Å². The summed E-state index contributed by atoms with van der Waals surface area (Å²) in [6, 6.07) is 1.49. The van der Waals surface area contributed by atoms with Crippen LogP contribution >= 0.6 is 0 Å². The number of carbonyl (C=O) groups excluding carboxylic acids is 1. The second kappa shape index (κ2) is 6.03. The van der Waals surface area contributed by atoms with Crippen molar-refractivity contribution in [3.8, 4) is 0 Å². The van der Waals surface area contributed by atoms with Gasteiger partial charge < -0.3 is 4.84 Å². The van der Waals surface area contributed by atoms with E-state index >= 15 is 0 Å². The molecule has 0 N–H and O–H groups in total. The molecule has 0 bridgehead atoms. The Bertz CT molecular complexity index is 423. The zero-order valence-corrected chi connectivity index (χ0v) is 9.04. The van der Waals surface area contributed by atoms with Crippen LogP contribution in [0, 0.1) is 17.5 Å². The van der Waals surface area contributed by atoms with E-state index in [9.17, 15) is 18.0 Å². The van der Waals surface area contributed by atoms with Gasteiger partial charge in [-0.1, -0.05) is 12.1 Å². The molecule has 0 saturated heterocycles. The number of carbonyl (C=O) groups is 1. The van der Waals surface area contributed by atoms with Crippen molar-refractivity contribution in [1.82, 2.24) is 0 Å². The first-order chi connectivity index (χ1) is 8.04. The normalized spacial score (nSPS) is 10.8. The van der Waals surface area contributed by atoms with Crippen LogP contribution in [0.3, 0.4) is 0 Å². The minimum absolute atomic E-state index is 0.0364. The van der Waals surface area contributed by atoms with Crippen LogP contribution in [0.5, 0.6) is 0 Å². The van der Waals surface area contributed by atoms with Gasteiger partial charge >= 0.3 is 5.97 Å². The molecule has 0 aromatic heterocycles. The van der Waals surface area contributed by atoms with E-state index in [1.54, 1.807) is 6.92 Å². The summed E-state index contributed by atoms with van der Waals surface area (Å²) in [4.78, 5) is 15.3. The van der Waals surface area contributed by atoms with Gasteiger partial charge in [-0.05, 0) is 18.6 Å². The zero-order valence-electron chi connectivity index (χ0n) is 9.04. The molecule has 0 aliphatic heterocycles. The maximum Gasteiger partial charge on any atom is 0.335 e. The summed E-state index contributed by atoms with van der Waals surface area (Å²) < 4.78 is 38.1. The molecule has 0 atom stereocenters. The van der Waals surface area contributed by atoms with Crippen molar-refractivity contribution < 1.29 is 22.8 Å². The number of hydrogen-bond acceptors (Lipinski definition) is 3. The number of hydrogen-bond donors (Lipinski definition) is 0. The van der Waals surface area contributed by atoms with E-state index in [4.69, 9.17) is 0 Å². The first-order valence-corrected chi connectivity index (χ1v) is 4.92. The lowest BCUT2D eigenvalue weighted by Crippen LogP contribution is -1.99. The Hall–Kier alpha value is -1.85. The molecule has 0 unspecified atom stereocenters. The fourth-order valence-corrected chi connectivity index (χ4v) is 1.05. The van der Waals surface area contributed by atoms with Crippen LogP contribution in [0.25, 0.3) is 0 Å². The lowest BCUT2D eigenvalue weighted by molar-refractivity contribution is -0.143. The monoisotopic (exact) mass is 245 g/mol. The second-order valence-corrected chi connectivity index (χ2v) is 3.25. The van der Waals surface area contributed by atoms with E-state index < -0.39 is 23.4 Å². The van der Waals surface area contributed by atoms with E-state index in [1.807, 2.05) is 0 Å². The smallest absolute Gasteiger partial charge is 0.318 e. The number of rotatable bonds is 4. The summed E-state index contributed by atoms with van der Waals surface area (Å²) in [6.07, 6.45) is 1.73. The van der Waals surface area contributed by atoms with Crippen molar-refractivity contribution >= 4 is 12.2 Å². The van der Waals surface area contributed by atoms with Crippen LogP contribution in [0.4, 0.5) is 13.2 Å². The molecule has 1 aromatic carbocycles. The van der Waals surface area contributed by atoms with Gasteiger partial charge in [0, 0.05) is 12.0 Å². The lowest BCUT2D eigenvalue weighted by Gasteiger charge is -1.98. The van der Waals surface area contributed by atoms with E-state index in [0.717, 1.165) is 18.3 Å². The average Bonchev–Trinajstić information content (AvgIpc) is 2.26. The largest absolute Gasteiger partial charge is 0.335 e. The Balaban J connectivity index is 2.69. The third kappa shape index (κ3) is 3.90. The minimum Gasteiger partial charge on any atom is -0.318 e. The Morgan fingerprint density at radius 1 is 1.35 bits per heavy atom. The van der Waals surface area contributed by atoms with Gasteiger partial charge in [0.15, 0.2) is 17.5 Å². The Labute approximate surface area is 95.9 Å². The summed E-state index contributed by atoms with van der Waals surface area (Å²) in [7, 11) is 0. The molecular weight excluding hydrogens is 235 g/mol. The molecule has 0 heterocycles. The third-order valence-corrected chi connectivity index (χ3v) is 1.82. The Morgan fingerprint density at radius 3 is 2.47 bits per heavy atom. The molecule has 0 amide bonds. The van der Waals surface area contributed by atoms with E-state index in [1.165, 1.54) is 0 Å². The maximum absolute atomic E-state index is 12.8. The van der Waals surface area contributed by atoms with Crippen molar-refractivity contribution in [2.45, 2.75) is 19.8 Å². The molecule has 92 valence electrons. The van der Waals surface area contributed by atoms with Crippen LogP contribution in [-0.4, -0.2) is 12.2 Å². The molecule has 17 heavy (non-hydrogen) atoms.